The first-order valence-electron chi connectivity index (χ1n) is 7.33. The van der Waals surface area contributed by atoms with E-state index in [1.54, 1.807) is 0 Å². The van der Waals surface area contributed by atoms with Gasteiger partial charge in [-0.3, -0.25) is 11.3 Å². The van der Waals surface area contributed by atoms with Crippen molar-refractivity contribution in [2.24, 2.45) is 29.5 Å². The normalized spacial score (nSPS) is 40.7. The van der Waals surface area contributed by atoms with Gasteiger partial charge >= 0.3 is 0 Å². The number of hydrazine groups is 1. The van der Waals surface area contributed by atoms with Crippen molar-refractivity contribution in [2.75, 3.05) is 0 Å². The average Bonchev–Trinajstić information content (AvgIpc) is 3.02. The molecular formula is C14H26N2. The molecular weight excluding hydrogens is 196 g/mol. The summed E-state index contributed by atoms with van der Waals surface area (Å²) in [7, 11) is 0. The topological polar surface area (TPSA) is 38.0 Å². The Morgan fingerprint density at radius 2 is 1.88 bits per heavy atom. The molecule has 4 atom stereocenters. The van der Waals surface area contributed by atoms with E-state index in [0.717, 1.165) is 23.7 Å². The minimum absolute atomic E-state index is 0.624. The molecule has 92 valence electrons. The zero-order valence-electron chi connectivity index (χ0n) is 10.3. The molecule has 2 bridgehead atoms. The summed E-state index contributed by atoms with van der Waals surface area (Å²) in [5, 5.41) is 0. The number of nitrogens with one attached hydrogen (secondary N) is 1. The van der Waals surface area contributed by atoms with E-state index in [0.29, 0.717) is 6.04 Å². The molecule has 0 amide bonds. The van der Waals surface area contributed by atoms with Gasteiger partial charge in [-0.2, -0.15) is 0 Å². The molecule has 4 unspecified atom stereocenters. The summed E-state index contributed by atoms with van der Waals surface area (Å²) in [5.41, 5.74) is 3.16. The van der Waals surface area contributed by atoms with Gasteiger partial charge in [-0.25, -0.2) is 0 Å². The molecule has 3 aliphatic rings. The lowest BCUT2D eigenvalue weighted by Crippen LogP contribution is -2.43. The van der Waals surface area contributed by atoms with Crippen LogP contribution >= 0.6 is 0 Å². The molecule has 3 saturated carbocycles. The molecule has 0 aromatic rings. The minimum Gasteiger partial charge on any atom is -0.271 e. The van der Waals surface area contributed by atoms with Gasteiger partial charge in [-0.1, -0.05) is 32.1 Å². The highest BCUT2D eigenvalue weighted by Crippen LogP contribution is 2.50. The van der Waals surface area contributed by atoms with Crippen molar-refractivity contribution in [3.8, 4) is 0 Å². The summed E-state index contributed by atoms with van der Waals surface area (Å²) < 4.78 is 0. The van der Waals surface area contributed by atoms with Crippen LogP contribution in [0.5, 0.6) is 0 Å². The third kappa shape index (κ3) is 2.02. The SMILES string of the molecule is NNC(CC1CCCC1)C1CC2CCC1C2. The van der Waals surface area contributed by atoms with Crippen LogP contribution in [0.4, 0.5) is 0 Å². The Balaban J connectivity index is 1.57. The van der Waals surface area contributed by atoms with Crippen LogP contribution in [0.3, 0.4) is 0 Å². The van der Waals surface area contributed by atoms with Gasteiger partial charge in [-0.15, -0.1) is 0 Å². The maximum atomic E-state index is 5.81. The zero-order valence-corrected chi connectivity index (χ0v) is 10.3. The molecule has 3 N–H and O–H groups in total. The highest BCUT2D eigenvalue weighted by atomic mass is 15.2. The highest BCUT2D eigenvalue weighted by molar-refractivity contribution is 4.95. The van der Waals surface area contributed by atoms with E-state index in [-0.39, 0.29) is 0 Å². The van der Waals surface area contributed by atoms with E-state index in [2.05, 4.69) is 5.43 Å². The fourth-order valence-electron chi connectivity index (χ4n) is 4.76. The third-order valence-corrected chi connectivity index (χ3v) is 5.59. The molecule has 0 spiro atoms. The van der Waals surface area contributed by atoms with Crippen LogP contribution < -0.4 is 11.3 Å². The first kappa shape index (κ1) is 11.0. The third-order valence-electron chi connectivity index (χ3n) is 5.59. The van der Waals surface area contributed by atoms with Crippen LogP contribution in [0.15, 0.2) is 0 Å². The second kappa shape index (κ2) is 4.66. The fraction of sp³-hybridized carbons (Fsp3) is 1.00. The van der Waals surface area contributed by atoms with E-state index >= 15 is 0 Å². The Morgan fingerprint density at radius 3 is 2.44 bits per heavy atom. The standard InChI is InChI=1S/C14H26N2/c15-16-14(9-10-3-1-2-4-10)13-8-11-5-6-12(13)7-11/h10-14,16H,1-9,15H2. The molecule has 16 heavy (non-hydrogen) atoms. The van der Waals surface area contributed by atoms with Gasteiger partial charge in [0.2, 0.25) is 0 Å². The molecule has 3 aliphatic carbocycles. The van der Waals surface area contributed by atoms with Crippen molar-refractivity contribution in [3.05, 3.63) is 0 Å². The van der Waals surface area contributed by atoms with Crippen molar-refractivity contribution < 1.29 is 0 Å². The van der Waals surface area contributed by atoms with Gasteiger partial charge in [0, 0.05) is 6.04 Å². The zero-order chi connectivity index (χ0) is 11.0. The van der Waals surface area contributed by atoms with Gasteiger partial charge < -0.3 is 0 Å². The lowest BCUT2D eigenvalue weighted by Gasteiger charge is -2.31. The monoisotopic (exact) mass is 222 g/mol. The van der Waals surface area contributed by atoms with Crippen LogP contribution in [0, 0.1) is 23.7 Å². The van der Waals surface area contributed by atoms with E-state index in [4.69, 9.17) is 5.84 Å². The maximum Gasteiger partial charge on any atom is 0.0244 e. The summed E-state index contributed by atoms with van der Waals surface area (Å²) >= 11 is 0. The van der Waals surface area contributed by atoms with Gasteiger partial charge in [-0.05, 0) is 49.4 Å². The molecule has 0 heterocycles. The number of rotatable bonds is 4. The number of hydrogen-bond acceptors (Lipinski definition) is 2. The van der Waals surface area contributed by atoms with Crippen LogP contribution in [0.25, 0.3) is 0 Å². The van der Waals surface area contributed by atoms with Crippen molar-refractivity contribution in [2.45, 2.75) is 63.8 Å². The predicted octanol–water partition coefficient (Wildman–Crippen LogP) is 2.83. The van der Waals surface area contributed by atoms with Crippen LogP contribution in [-0.2, 0) is 0 Å². The van der Waals surface area contributed by atoms with E-state index in [9.17, 15) is 0 Å². The molecule has 3 rings (SSSR count). The second-order valence-corrected chi connectivity index (χ2v) is 6.50. The van der Waals surface area contributed by atoms with E-state index in [1.807, 2.05) is 0 Å². The molecule has 0 radical (unpaired) electrons. The summed E-state index contributed by atoms with van der Waals surface area (Å²) in [6.07, 6.45) is 13.1. The molecule has 2 heteroatoms. The van der Waals surface area contributed by atoms with Crippen molar-refractivity contribution in [1.29, 1.82) is 0 Å². The molecule has 0 saturated heterocycles. The summed E-state index contributed by atoms with van der Waals surface area (Å²) in [6.45, 7) is 0. The number of hydrogen-bond donors (Lipinski definition) is 2. The molecule has 3 fully saturated rings. The lowest BCUT2D eigenvalue weighted by atomic mass is 9.80. The summed E-state index contributed by atoms with van der Waals surface area (Å²) in [5.74, 6) is 9.75. The quantitative estimate of drug-likeness (QED) is 0.567. The van der Waals surface area contributed by atoms with Gasteiger partial charge in [0.1, 0.15) is 0 Å². The van der Waals surface area contributed by atoms with Gasteiger partial charge in [0.15, 0.2) is 0 Å². The Bertz CT molecular complexity index is 235. The van der Waals surface area contributed by atoms with E-state index in [1.165, 1.54) is 57.8 Å². The van der Waals surface area contributed by atoms with Crippen LogP contribution in [0.1, 0.15) is 57.8 Å². The average molecular weight is 222 g/mol. The summed E-state index contributed by atoms with van der Waals surface area (Å²) in [4.78, 5) is 0. The first-order valence-corrected chi connectivity index (χ1v) is 7.33. The Labute approximate surface area is 99.3 Å². The van der Waals surface area contributed by atoms with E-state index < -0.39 is 0 Å². The van der Waals surface area contributed by atoms with Crippen molar-refractivity contribution >= 4 is 0 Å². The Morgan fingerprint density at radius 1 is 1.06 bits per heavy atom. The Kier molecular flexibility index (Phi) is 3.21. The molecule has 0 aromatic carbocycles. The number of nitrogens with two attached hydrogens (primary N) is 1. The van der Waals surface area contributed by atoms with Crippen molar-refractivity contribution in [3.63, 3.8) is 0 Å². The molecule has 2 nitrogen and oxygen atoms in total. The van der Waals surface area contributed by atoms with Crippen molar-refractivity contribution in [1.82, 2.24) is 5.43 Å². The number of fused-ring (bicyclic) bond motifs is 2. The predicted molar refractivity (Wildman–Crippen MR) is 66.6 cm³/mol. The summed E-state index contributed by atoms with van der Waals surface area (Å²) in [6, 6.07) is 0.624. The largest absolute Gasteiger partial charge is 0.271 e. The maximum absolute atomic E-state index is 5.81. The molecule has 0 aliphatic heterocycles. The first-order chi connectivity index (χ1) is 7.86. The van der Waals surface area contributed by atoms with Crippen LogP contribution in [0.2, 0.25) is 0 Å². The van der Waals surface area contributed by atoms with Gasteiger partial charge in [0.25, 0.3) is 0 Å². The van der Waals surface area contributed by atoms with Gasteiger partial charge in [0.05, 0.1) is 0 Å². The fourth-order valence-corrected chi connectivity index (χ4v) is 4.76. The second-order valence-electron chi connectivity index (χ2n) is 6.50. The Hall–Kier alpha value is -0.0800. The van der Waals surface area contributed by atoms with Crippen LogP contribution in [-0.4, -0.2) is 6.04 Å². The smallest absolute Gasteiger partial charge is 0.0244 e. The lowest BCUT2D eigenvalue weighted by molar-refractivity contribution is 0.218. The highest BCUT2D eigenvalue weighted by Gasteiger charge is 2.43. The molecule has 0 aromatic heterocycles. The minimum atomic E-state index is 0.624.